The van der Waals surface area contributed by atoms with Gasteiger partial charge in [-0.1, -0.05) is 6.42 Å². The van der Waals surface area contributed by atoms with Crippen LogP contribution >= 0.6 is 0 Å². The first-order chi connectivity index (χ1) is 8.95. The monoisotopic (exact) mass is 281 g/mol. The van der Waals surface area contributed by atoms with Crippen molar-refractivity contribution in [3.05, 3.63) is 0 Å². The van der Waals surface area contributed by atoms with E-state index in [0.29, 0.717) is 26.2 Å². The van der Waals surface area contributed by atoms with E-state index in [-0.39, 0.29) is 24.5 Å². The Morgan fingerprint density at radius 1 is 1.37 bits per heavy atom. The van der Waals surface area contributed by atoms with Gasteiger partial charge in [0.05, 0.1) is 12.5 Å². The highest BCUT2D eigenvalue weighted by atomic mass is 19.4. The smallest absolute Gasteiger partial charge is 0.378 e. The molecule has 1 heterocycles. The molecule has 1 aliphatic heterocycles. The lowest BCUT2D eigenvalue weighted by Crippen LogP contribution is -2.48. The highest BCUT2D eigenvalue weighted by molar-refractivity contribution is 4.90. The van der Waals surface area contributed by atoms with Crippen molar-refractivity contribution in [1.29, 1.82) is 0 Å². The fraction of sp³-hybridized carbons (Fsp3) is 1.00. The van der Waals surface area contributed by atoms with E-state index in [2.05, 4.69) is 5.32 Å². The summed E-state index contributed by atoms with van der Waals surface area (Å²) >= 11 is 0. The van der Waals surface area contributed by atoms with Crippen molar-refractivity contribution in [2.75, 3.05) is 26.9 Å². The molecule has 112 valence electrons. The van der Waals surface area contributed by atoms with Gasteiger partial charge in [-0.25, -0.2) is 0 Å². The summed E-state index contributed by atoms with van der Waals surface area (Å²) in [6.07, 6.45) is -1.36. The molecule has 0 spiro atoms. The summed E-state index contributed by atoms with van der Waals surface area (Å²) < 4.78 is 49.0. The fourth-order valence-corrected chi connectivity index (χ4v) is 2.96. The van der Waals surface area contributed by atoms with Crippen molar-refractivity contribution in [2.45, 2.75) is 49.9 Å². The summed E-state index contributed by atoms with van der Waals surface area (Å²) in [5.41, 5.74) is -0.356. The van der Waals surface area contributed by atoms with Crippen molar-refractivity contribution >= 4 is 0 Å². The Morgan fingerprint density at radius 2 is 2.16 bits per heavy atom. The van der Waals surface area contributed by atoms with Gasteiger partial charge in [0.15, 0.2) is 0 Å². The lowest BCUT2D eigenvalue weighted by molar-refractivity contribution is -0.183. The van der Waals surface area contributed by atoms with E-state index < -0.39 is 12.1 Å². The molecule has 0 amide bonds. The third kappa shape index (κ3) is 3.83. The molecule has 1 aliphatic carbocycles. The average Bonchev–Trinajstić information content (AvgIpc) is 2.85. The maximum atomic E-state index is 12.7. The zero-order valence-corrected chi connectivity index (χ0v) is 11.3. The molecule has 2 fully saturated rings. The third-order valence-corrected chi connectivity index (χ3v) is 4.35. The van der Waals surface area contributed by atoms with Gasteiger partial charge in [-0.2, -0.15) is 13.2 Å². The van der Waals surface area contributed by atoms with Crippen LogP contribution in [0.1, 0.15) is 32.1 Å². The molecular weight excluding hydrogens is 259 g/mol. The Balaban J connectivity index is 1.82. The van der Waals surface area contributed by atoms with Crippen LogP contribution < -0.4 is 5.32 Å². The van der Waals surface area contributed by atoms with Crippen molar-refractivity contribution in [3.63, 3.8) is 0 Å². The lowest BCUT2D eigenvalue weighted by atomic mass is 9.85. The van der Waals surface area contributed by atoms with Crippen molar-refractivity contribution < 1.29 is 22.6 Å². The summed E-state index contributed by atoms with van der Waals surface area (Å²) in [5.74, 6) is -1.16. The predicted molar refractivity (Wildman–Crippen MR) is 65.0 cm³/mol. The van der Waals surface area contributed by atoms with Crippen LogP contribution in [0.2, 0.25) is 0 Å². The second-order valence-electron chi connectivity index (χ2n) is 5.67. The molecule has 3 unspecified atom stereocenters. The van der Waals surface area contributed by atoms with Crippen molar-refractivity contribution in [2.24, 2.45) is 5.92 Å². The van der Waals surface area contributed by atoms with E-state index in [4.69, 9.17) is 9.47 Å². The SMILES string of the molecule is COC1(CNC2CCCC(C(F)(F)F)C2)CCOC1. The number of rotatable bonds is 4. The molecule has 1 N–H and O–H groups in total. The molecule has 0 bridgehead atoms. The summed E-state index contributed by atoms with van der Waals surface area (Å²) in [6, 6.07) is -0.0620. The van der Waals surface area contributed by atoms with Crippen LogP contribution in [-0.2, 0) is 9.47 Å². The van der Waals surface area contributed by atoms with Gasteiger partial charge >= 0.3 is 6.18 Å². The first kappa shape index (κ1) is 15.1. The molecule has 6 heteroatoms. The van der Waals surface area contributed by atoms with Crippen molar-refractivity contribution in [3.8, 4) is 0 Å². The first-order valence-electron chi connectivity index (χ1n) is 6.88. The van der Waals surface area contributed by atoms with Crippen molar-refractivity contribution in [1.82, 2.24) is 5.32 Å². The molecule has 0 aromatic rings. The topological polar surface area (TPSA) is 30.5 Å². The Morgan fingerprint density at radius 3 is 2.74 bits per heavy atom. The van der Waals surface area contributed by atoms with Crippen LogP contribution in [0.5, 0.6) is 0 Å². The number of halogens is 3. The highest BCUT2D eigenvalue weighted by Crippen LogP contribution is 2.37. The minimum absolute atomic E-state index is 0.0620. The molecule has 0 aromatic carbocycles. The van der Waals surface area contributed by atoms with E-state index >= 15 is 0 Å². The van der Waals surface area contributed by atoms with Gasteiger partial charge in [0, 0.05) is 32.7 Å². The standard InChI is InChI=1S/C13H22F3NO2/c1-18-12(5-6-19-9-12)8-17-11-4-2-3-10(7-11)13(14,15)16/h10-11,17H,2-9H2,1H3. The van der Waals surface area contributed by atoms with Crippen LogP contribution in [0.3, 0.4) is 0 Å². The Kier molecular flexibility index (Phi) is 4.74. The van der Waals surface area contributed by atoms with Crippen LogP contribution in [0.15, 0.2) is 0 Å². The molecular formula is C13H22F3NO2. The normalized spacial score (nSPS) is 36.6. The molecule has 1 saturated carbocycles. The van der Waals surface area contributed by atoms with E-state index in [9.17, 15) is 13.2 Å². The zero-order chi connectivity index (χ0) is 13.9. The zero-order valence-electron chi connectivity index (χ0n) is 11.3. The molecule has 1 saturated heterocycles. The van der Waals surface area contributed by atoms with E-state index in [1.807, 2.05) is 0 Å². The number of hydrogen-bond acceptors (Lipinski definition) is 3. The summed E-state index contributed by atoms with van der Waals surface area (Å²) in [5, 5.41) is 3.25. The van der Waals surface area contributed by atoms with Gasteiger partial charge in [0.2, 0.25) is 0 Å². The number of nitrogens with one attached hydrogen (secondary N) is 1. The van der Waals surface area contributed by atoms with Crippen LogP contribution in [0.25, 0.3) is 0 Å². The minimum Gasteiger partial charge on any atom is -0.378 e. The third-order valence-electron chi connectivity index (χ3n) is 4.35. The predicted octanol–water partition coefficient (Wildman–Crippen LogP) is 2.50. The van der Waals surface area contributed by atoms with Gasteiger partial charge in [0.25, 0.3) is 0 Å². The molecule has 2 rings (SSSR count). The van der Waals surface area contributed by atoms with E-state index in [1.165, 1.54) is 0 Å². The van der Waals surface area contributed by atoms with Crippen LogP contribution in [-0.4, -0.2) is 44.7 Å². The molecule has 19 heavy (non-hydrogen) atoms. The summed E-state index contributed by atoms with van der Waals surface area (Å²) in [7, 11) is 1.63. The summed E-state index contributed by atoms with van der Waals surface area (Å²) in [6.45, 7) is 1.75. The number of methoxy groups -OCH3 is 1. The average molecular weight is 281 g/mol. The van der Waals surface area contributed by atoms with Crippen LogP contribution in [0.4, 0.5) is 13.2 Å². The van der Waals surface area contributed by atoms with Gasteiger partial charge in [0.1, 0.15) is 5.60 Å². The highest BCUT2D eigenvalue weighted by Gasteiger charge is 2.43. The Hall–Kier alpha value is -0.330. The van der Waals surface area contributed by atoms with Gasteiger partial charge in [-0.15, -0.1) is 0 Å². The second-order valence-corrected chi connectivity index (χ2v) is 5.67. The largest absolute Gasteiger partial charge is 0.391 e. The molecule has 3 nitrogen and oxygen atoms in total. The van der Waals surface area contributed by atoms with Gasteiger partial charge in [-0.05, 0) is 19.3 Å². The molecule has 0 radical (unpaired) electrons. The number of ether oxygens (including phenoxy) is 2. The fourth-order valence-electron chi connectivity index (χ4n) is 2.96. The Labute approximate surface area is 111 Å². The van der Waals surface area contributed by atoms with Gasteiger partial charge < -0.3 is 14.8 Å². The summed E-state index contributed by atoms with van der Waals surface area (Å²) in [4.78, 5) is 0. The second kappa shape index (κ2) is 5.97. The maximum Gasteiger partial charge on any atom is 0.391 e. The first-order valence-corrected chi connectivity index (χ1v) is 6.88. The minimum atomic E-state index is -4.06. The molecule has 0 aromatic heterocycles. The number of alkyl halides is 3. The Bertz CT molecular complexity index is 290. The van der Waals surface area contributed by atoms with Gasteiger partial charge in [-0.3, -0.25) is 0 Å². The molecule has 2 aliphatic rings. The van der Waals surface area contributed by atoms with Crippen LogP contribution in [0, 0.1) is 5.92 Å². The number of hydrogen-bond donors (Lipinski definition) is 1. The quantitative estimate of drug-likeness (QED) is 0.859. The van der Waals surface area contributed by atoms with E-state index in [0.717, 1.165) is 12.8 Å². The molecule has 3 atom stereocenters. The van der Waals surface area contributed by atoms with E-state index in [1.54, 1.807) is 7.11 Å². The maximum absolute atomic E-state index is 12.7. The lowest BCUT2D eigenvalue weighted by Gasteiger charge is -2.34.